The molecule has 1 aliphatic rings. The zero-order chi connectivity index (χ0) is 23.6. The lowest BCUT2D eigenvalue weighted by atomic mass is 9.84. The lowest BCUT2D eigenvalue weighted by Crippen LogP contribution is -2.42. The molecule has 0 saturated carbocycles. The first kappa shape index (κ1) is 22.7. The average molecular weight is 448 g/mol. The van der Waals surface area contributed by atoms with Crippen LogP contribution in [-0.2, 0) is 44.9 Å². The number of fused-ring (bicyclic) bond motifs is 1. The zero-order valence-electron chi connectivity index (χ0n) is 19.6. The summed E-state index contributed by atoms with van der Waals surface area (Å²) in [4.78, 5) is 25.2. The van der Waals surface area contributed by atoms with E-state index in [9.17, 15) is 9.59 Å². The summed E-state index contributed by atoms with van der Waals surface area (Å²) in [7, 11) is 2.63. The summed E-state index contributed by atoms with van der Waals surface area (Å²) in [5.74, 6) is -1.07. The van der Waals surface area contributed by atoms with Crippen molar-refractivity contribution in [3.05, 3.63) is 70.4 Å². The van der Waals surface area contributed by atoms with Gasteiger partial charge in [-0.3, -0.25) is 14.3 Å². The fraction of sp³-hybridized carbons (Fsp3) is 0.385. The first-order valence-electron chi connectivity index (χ1n) is 11.1. The Kier molecular flexibility index (Phi) is 6.31. The third kappa shape index (κ3) is 4.15. The van der Waals surface area contributed by atoms with Gasteiger partial charge in [0.1, 0.15) is 5.69 Å². The van der Waals surface area contributed by atoms with E-state index in [2.05, 4.69) is 23.3 Å². The molecule has 4 rings (SSSR count). The second-order valence-corrected chi connectivity index (χ2v) is 8.69. The number of carbonyl (C=O) groups is 2. The Morgan fingerprint density at radius 1 is 1.03 bits per heavy atom. The van der Waals surface area contributed by atoms with Crippen molar-refractivity contribution in [2.75, 3.05) is 14.2 Å². The minimum atomic E-state index is -1.30. The van der Waals surface area contributed by atoms with Crippen molar-refractivity contribution in [1.29, 1.82) is 0 Å². The van der Waals surface area contributed by atoms with Gasteiger partial charge in [-0.05, 0) is 54.5 Å². The largest absolute Gasteiger partial charge is 0.468 e. The molecule has 33 heavy (non-hydrogen) atoms. The number of nitrogens with zero attached hydrogens (tertiary/aromatic N) is 3. The maximum Gasteiger partial charge on any atom is 0.323 e. The molecule has 0 aliphatic heterocycles. The molecule has 0 N–H and O–H groups in total. The molecule has 7 nitrogen and oxygen atoms in total. The highest BCUT2D eigenvalue weighted by Gasteiger charge is 2.53. The Balaban J connectivity index is 1.50. The first-order valence-corrected chi connectivity index (χ1v) is 11.1. The summed E-state index contributed by atoms with van der Waals surface area (Å²) < 4.78 is 11.9. The van der Waals surface area contributed by atoms with Crippen LogP contribution in [0.3, 0.4) is 0 Å². The number of esters is 2. The molecule has 0 atom stereocenters. The van der Waals surface area contributed by atoms with E-state index in [1.54, 1.807) is 0 Å². The van der Waals surface area contributed by atoms with Crippen molar-refractivity contribution < 1.29 is 19.1 Å². The summed E-state index contributed by atoms with van der Waals surface area (Å²) in [5, 5.41) is 8.54. The minimum absolute atomic E-state index is 0.311. The van der Waals surface area contributed by atoms with Crippen LogP contribution in [0, 0.1) is 19.3 Å². The van der Waals surface area contributed by atoms with E-state index in [1.165, 1.54) is 19.8 Å². The second-order valence-electron chi connectivity index (χ2n) is 8.69. The quantitative estimate of drug-likeness (QED) is 0.406. The molecule has 7 heteroatoms. The molecule has 2 aromatic carbocycles. The number of carbonyl (C=O) groups excluding carboxylic acids is 2. The molecule has 1 heterocycles. The minimum Gasteiger partial charge on any atom is -0.468 e. The summed E-state index contributed by atoms with van der Waals surface area (Å²) >= 11 is 0. The van der Waals surface area contributed by atoms with Crippen LogP contribution in [0.25, 0.3) is 11.3 Å². The molecule has 0 radical (unpaired) electrons. The normalized spacial score (nSPS) is 14.1. The van der Waals surface area contributed by atoms with Gasteiger partial charge in [-0.1, -0.05) is 41.6 Å². The summed E-state index contributed by atoms with van der Waals surface area (Å²) in [6, 6.07) is 12.2. The number of hydrogen-bond donors (Lipinski definition) is 0. The Labute approximate surface area is 193 Å². The molecule has 0 spiro atoms. The topological polar surface area (TPSA) is 83.3 Å². The number of aryl methyl sites for hydroxylation is 3. The van der Waals surface area contributed by atoms with Crippen LogP contribution in [0.1, 0.15) is 34.2 Å². The highest BCUT2D eigenvalue weighted by atomic mass is 16.5. The standard InChI is InChI=1S/C26H29N3O4/c1-17-13-20(11-8-12-29-16-23(27-28-29)19-9-6-5-7-10-19)18(2)22-15-26(14-21(17)22,24(30)32-3)25(31)33-4/h5-7,9-10,13,16H,8,11-12,14-15H2,1-4H3. The van der Waals surface area contributed by atoms with Gasteiger partial charge in [0.05, 0.1) is 20.4 Å². The van der Waals surface area contributed by atoms with E-state index in [1.807, 2.05) is 48.1 Å². The molecule has 1 aromatic heterocycles. The van der Waals surface area contributed by atoms with Gasteiger partial charge in [-0.2, -0.15) is 0 Å². The van der Waals surface area contributed by atoms with Crippen molar-refractivity contribution in [2.24, 2.45) is 5.41 Å². The number of ether oxygens (including phenoxy) is 2. The van der Waals surface area contributed by atoms with Crippen LogP contribution in [0.2, 0.25) is 0 Å². The van der Waals surface area contributed by atoms with Gasteiger partial charge in [-0.25, -0.2) is 0 Å². The summed E-state index contributed by atoms with van der Waals surface area (Å²) in [5.41, 5.74) is 6.18. The molecular formula is C26H29N3O4. The number of aromatic nitrogens is 3. The van der Waals surface area contributed by atoms with E-state index >= 15 is 0 Å². The predicted molar refractivity (Wildman–Crippen MR) is 124 cm³/mol. The van der Waals surface area contributed by atoms with Gasteiger partial charge in [0.2, 0.25) is 0 Å². The summed E-state index contributed by atoms with van der Waals surface area (Å²) in [6.45, 7) is 4.86. The molecule has 0 unspecified atom stereocenters. The highest BCUT2D eigenvalue weighted by Crippen LogP contribution is 2.43. The fourth-order valence-corrected chi connectivity index (χ4v) is 4.87. The maximum absolute atomic E-state index is 12.6. The predicted octanol–water partition coefficient (Wildman–Crippen LogP) is 3.63. The Hall–Kier alpha value is -3.48. The third-order valence-electron chi connectivity index (χ3n) is 6.72. The van der Waals surface area contributed by atoms with E-state index < -0.39 is 17.4 Å². The Morgan fingerprint density at radius 3 is 2.36 bits per heavy atom. The number of hydrogen-bond acceptors (Lipinski definition) is 6. The van der Waals surface area contributed by atoms with E-state index in [0.717, 1.165) is 52.9 Å². The molecule has 0 saturated heterocycles. The lowest BCUT2D eigenvalue weighted by molar-refractivity contribution is -0.168. The monoisotopic (exact) mass is 447 g/mol. The van der Waals surface area contributed by atoms with Crippen molar-refractivity contribution in [1.82, 2.24) is 15.0 Å². The SMILES string of the molecule is COC(=O)C1(C(=O)OC)Cc2c(C)cc(CCCn3cc(-c4ccccc4)nn3)c(C)c2C1. The fourth-order valence-electron chi connectivity index (χ4n) is 4.87. The van der Waals surface area contributed by atoms with Crippen LogP contribution in [-0.4, -0.2) is 41.2 Å². The van der Waals surface area contributed by atoms with E-state index in [0.29, 0.717) is 12.8 Å². The highest BCUT2D eigenvalue weighted by molar-refractivity contribution is 6.01. The van der Waals surface area contributed by atoms with Gasteiger partial charge in [0.15, 0.2) is 5.41 Å². The molecule has 1 aliphatic carbocycles. The molecule has 0 fully saturated rings. The van der Waals surface area contributed by atoms with E-state index in [4.69, 9.17) is 9.47 Å². The average Bonchev–Trinajstić information content (AvgIpc) is 3.48. The van der Waals surface area contributed by atoms with Crippen LogP contribution < -0.4 is 0 Å². The van der Waals surface area contributed by atoms with Gasteiger partial charge in [0, 0.05) is 24.9 Å². The molecular weight excluding hydrogens is 418 g/mol. The Morgan fingerprint density at radius 2 is 1.70 bits per heavy atom. The zero-order valence-corrected chi connectivity index (χ0v) is 19.6. The van der Waals surface area contributed by atoms with Crippen molar-refractivity contribution in [3.8, 4) is 11.3 Å². The molecule has 3 aromatic rings. The summed E-state index contributed by atoms with van der Waals surface area (Å²) in [6.07, 6.45) is 4.36. The number of benzene rings is 2. The van der Waals surface area contributed by atoms with Gasteiger partial charge >= 0.3 is 11.9 Å². The smallest absolute Gasteiger partial charge is 0.323 e. The second kappa shape index (κ2) is 9.17. The number of methoxy groups -OCH3 is 2. The van der Waals surface area contributed by atoms with Crippen LogP contribution in [0.15, 0.2) is 42.6 Å². The number of rotatable bonds is 7. The van der Waals surface area contributed by atoms with Crippen LogP contribution in [0.5, 0.6) is 0 Å². The first-order chi connectivity index (χ1) is 15.9. The van der Waals surface area contributed by atoms with Crippen LogP contribution in [0.4, 0.5) is 0 Å². The van der Waals surface area contributed by atoms with Crippen molar-refractivity contribution in [2.45, 2.75) is 46.1 Å². The van der Waals surface area contributed by atoms with Gasteiger partial charge in [-0.15, -0.1) is 5.10 Å². The lowest BCUT2D eigenvalue weighted by Gasteiger charge is -2.22. The van der Waals surface area contributed by atoms with E-state index in [-0.39, 0.29) is 0 Å². The van der Waals surface area contributed by atoms with Crippen LogP contribution >= 0.6 is 0 Å². The Bertz CT molecular complexity index is 1170. The van der Waals surface area contributed by atoms with Crippen molar-refractivity contribution >= 4 is 11.9 Å². The van der Waals surface area contributed by atoms with Crippen molar-refractivity contribution in [3.63, 3.8) is 0 Å². The van der Waals surface area contributed by atoms with Gasteiger partial charge in [0.25, 0.3) is 0 Å². The maximum atomic E-state index is 12.6. The molecule has 172 valence electrons. The third-order valence-corrected chi connectivity index (χ3v) is 6.72. The molecule has 0 amide bonds. The molecule has 0 bridgehead atoms. The van der Waals surface area contributed by atoms with Gasteiger partial charge < -0.3 is 9.47 Å².